The predicted octanol–water partition coefficient (Wildman–Crippen LogP) is 2.43. The highest BCUT2D eigenvalue weighted by molar-refractivity contribution is 5.30. The smallest absolute Gasteiger partial charge is 0.213 e. The summed E-state index contributed by atoms with van der Waals surface area (Å²) in [4.78, 5) is 0. The standard InChI is InChI=1S/C10H18N2O/c1-5-6-9-8(4)11-12(7(2)3)10(9)13/h7,13H,5-6H2,1-4H3. The zero-order valence-corrected chi connectivity index (χ0v) is 8.83. The molecule has 1 N–H and O–H groups in total. The third-order valence-corrected chi connectivity index (χ3v) is 2.17. The number of aryl methyl sites for hydroxylation is 1. The van der Waals surface area contributed by atoms with Gasteiger partial charge in [-0.05, 0) is 27.2 Å². The van der Waals surface area contributed by atoms with E-state index in [4.69, 9.17) is 0 Å². The lowest BCUT2D eigenvalue weighted by atomic mass is 10.1. The number of nitrogens with zero attached hydrogens (tertiary/aromatic N) is 2. The highest BCUT2D eigenvalue weighted by Crippen LogP contribution is 2.25. The van der Waals surface area contributed by atoms with Gasteiger partial charge in [0.2, 0.25) is 5.88 Å². The summed E-state index contributed by atoms with van der Waals surface area (Å²) in [6, 6.07) is 0.226. The molecule has 0 radical (unpaired) electrons. The Morgan fingerprint density at radius 2 is 2.08 bits per heavy atom. The second-order valence-electron chi connectivity index (χ2n) is 3.68. The van der Waals surface area contributed by atoms with Crippen LogP contribution in [0.25, 0.3) is 0 Å². The van der Waals surface area contributed by atoms with E-state index in [0.717, 1.165) is 24.1 Å². The van der Waals surface area contributed by atoms with Gasteiger partial charge in [-0.1, -0.05) is 13.3 Å². The second kappa shape index (κ2) is 3.81. The average Bonchev–Trinajstić information content (AvgIpc) is 2.32. The topological polar surface area (TPSA) is 38.0 Å². The molecule has 3 nitrogen and oxygen atoms in total. The van der Waals surface area contributed by atoms with Crippen LogP contribution in [0.1, 0.15) is 44.5 Å². The number of aromatic nitrogens is 2. The summed E-state index contributed by atoms with van der Waals surface area (Å²) in [7, 11) is 0. The van der Waals surface area contributed by atoms with E-state index in [2.05, 4.69) is 12.0 Å². The zero-order chi connectivity index (χ0) is 10.0. The molecule has 1 aromatic heterocycles. The van der Waals surface area contributed by atoms with Crippen molar-refractivity contribution in [2.24, 2.45) is 0 Å². The predicted molar refractivity (Wildman–Crippen MR) is 53.0 cm³/mol. The van der Waals surface area contributed by atoms with Crippen LogP contribution < -0.4 is 0 Å². The molecule has 0 saturated heterocycles. The summed E-state index contributed by atoms with van der Waals surface area (Å²) in [5, 5.41) is 14.1. The van der Waals surface area contributed by atoms with E-state index in [9.17, 15) is 5.11 Å². The lowest BCUT2D eigenvalue weighted by Gasteiger charge is -2.06. The molecule has 0 aromatic carbocycles. The fourth-order valence-electron chi connectivity index (χ4n) is 1.47. The monoisotopic (exact) mass is 182 g/mol. The summed E-state index contributed by atoms with van der Waals surface area (Å²) in [5.74, 6) is 0.342. The Labute approximate surface area is 79.4 Å². The maximum absolute atomic E-state index is 9.81. The van der Waals surface area contributed by atoms with Gasteiger partial charge in [-0.2, -0.15) is 5.10 Å². The Morgan fingerprint density at radius 1 is 1.46 bits per heavy atom. The average molecular weight is 182 g/mol. The molecule has 1 rings (SSSR count). The molecule has 0 aliphatic rings. The minimum atomic E-state index is 0.226. The molecule has 3 heteroatoms. The number of rotatable bonds is 3. The molecule has 0 unspecified atom stereocenters. The van der Waals surface area contributed by atoms with E-state index >= 15 is 0 Å². The minimum absolute atomic E-state index is 0.226. The van der Waals surface area contributed by atoms with Crippen LogP contribution in [0.15, 0.2) is 0 Å². The Bertz CT molecular complexity index is 289. The van der Waals surface area contributed by atoms with Crippen molar-refractivity contribution in [2.75, 3.05) is 0 Å². The normalized spacial score (nSPS) is 11.2. The van der Waals surface area contributed by atoms with Crippen molar-refractivity contribution >= 4 is 0 Å². The van der Waals surface area contributed by atoms with Gasteiger partial charge in [-0.25, -0.2) is 4.68 Å². The third kappa shape index (κ3) is 1.85. The summed E-state index contributed by atoms with van der Waals surface area (Å²) in [6.07, 6.45) is 1.95. The summed E-state index contributed by atoms with van der Waals surface area (Å²) < 4.78 is 1.68. The van der Waals surface area contributed by atoms with E-state index in [0.29, 0.717) is 5.88 Å². The number of hydrogen-bond donors (Lipinski definition) is 1. The van der Waals surface area contributed by atoms with Crippen LogP contribution in [-0.2, 0) is 6.42 Å². The highest BCUT2D eigenvalue weighted by Gasteiger charge is 2.14. The number of aromatic hydroxyl groups is 1. The van der Waals surface area contributed by atoms with Crippen molar-refractivity contribution in [3.8, 4) is 5.88 Å². The Morgan fingerprint density at radius 3 is 2.46 bits per heavy atom. The van der Waals surface area contributed by atoms with Gasteiger partial charge in [-0.3, -0.25) is 0 Å². The third-order valence-electron chi connectivity index (χ3n) is 2.17. The first kappa shape index (κ1) is 10.1. The van der Waals surface area contributed by atoms with Gasteiger partial charge < -0.3 is 5.11 Å². The maximum atomic E-state index is 9.81. The minimum Gasteiger partial charge on any atom is -0.493 e. The summed E-state index contributed by atoms with van der Waals surface area (Å²) >= 11 is 0. The van der Waals surface area contributed by atoms with Crippen LogP contribution in [0.5, 0.6) is 5.88 Å². The van der Waals surface area contributed by atoms with Gasteiger partial charge in [-0.15, -0.1) is 0 Å². The summed E-state index contributed by atoms with van der Waals surface area (Å²) in [5.41, 5.74) is 1.95. The van der Waals surface area contributed by atoms with Crippen molar-refractivity contribution in [3.05, 3.63) is 11.3 Å². The van der Waals surface area contributed by atoms with E-state index in [1.165, 1.54) is 0 Å². The molecule has 1 heterocycles. The molecule has 0 bridgehead atoms. The van der Waals surface area contributed by atoms with E-state index in [1.807, 2.05) is 20.8 Å². The molecule has 0 spiro atoms. The molecular formula is C10H18N2O. The van der Waals surface area contributed by atoms with Crippen LogP contribution in [0.2, 0.25) is 0 Å². The molecule has 74 valence electrons. The van der Waals surface area contributed by atoms with Gasteiger partial charge in [0, 0.05) is 5.56 Å². The Hall–Kier alpha value is -0.990. The van der Waals surface area contributed by atoms with Crippen LogP contribution in [0, 0.1) is 6.92 Å². The van der Waals surface area contributed by atoms with Gasteiger partial charge in [0.1, 0.15) is 0 Å². The second-order valence-corrected chi connectivity index (χ2v) is 3.68. The summed E-state index contributed by atoms with van der Waals surface area (Å²) in [6.45, 7) is 8.08. The maximum Gasteiger partial charge on any atom is 0.213 e. The molecular weight excluding hydrogens is 164 g/mol. The lowest BCUT2D eigenvalue weighted by Crippen LogP contribution is -2.01. The SMILES string of the molecule is CCCc1c(C)nn(C(C)C)c1O. The van der Waals surface area contributed by atoms with Crippen LogP contribution >= 0.6 is 0 Å². The van der Waals surface area contributed by atoms with Crippen molar-refractivity contribution in [1.29, 1.82) is 0 Å². The number of hydrogen-bond acceptors (Lipinski definition) is 2. The van der Waals surface area contributed by atoms with Crippen LogP contribution in [-0.4, -0.2) is 14.9 Å². The Balaban J connectivity index is 3.07. The molecule has 0 amide bonds. The van der Waals surface area contributed by atoms with Crippen LogP contribution in [0.4, 0.5) is 0 Å². The molecule has 1 aromatic rings. The quantitative estimate of drug-likeness (QED) is 0.779. The van der Waals surface area contributed by atoms with E-state index < -0.39 is 0 Å². The fourth-order valence-corrected chi connectivity index (χ4v) is 1.47. The van der Waals surface area contributed by atoms with Gasteiger partial charge in [0.15, 0.2) is 0 Å². The van der Waals surface area contributed by atoms with Crippen molar-refractivity contribution in [2.45, 2.75) is 46.6 Å². The van der Waals surface area contributed by atoms with E-state index in [1.54, 1.807) is 4.68 Å². The van der Waals surface area contributed by atoms with Gasteiger partial charge in [0.05, 0.1) is 11.7 Å². The lowest BCUT2D eigenvalue weighted by molar-refractivity contribution is 0.373. The van der Waals surface area contributed by atoms with Gasteiger partial charge >= 0.3 is 0 Å². The molecule has 0 saturated carbocycles. The largest absolute Gasteiger partial charge is 0.493 e. The molecule has 13 heavy (non-hydrogen) atoms. The zero-order valence-electron chi connectivity index (χ0n) is 8.83. The first-order valence-electron chi connectivity index (χ1n) is 4.84. The molecule has 0 aliphatic carbocycles. The van der Waals surface area contributed by atoms with Crippen molar-refractivity contribution in [1.82, 2.24) is 9.78 Å². The first-order valence-corrected chi connectivity index (χ1v) is 4.84. The molecule has 0 fully saturated rings. The van der Waals surface area contributed by atoms with Crippen LogP contribution in [0.3, 0.4) is 0 Å². The molecule has 0 atom stereocenters. The highest BCUT2D eigenvalue weighted by atomic mass is 16.3. The van der Waals surface area contributed by atoms with Gasteiger partial charge in [0.25, 0.3) is 0 Å². The first-order chi connectivity index (χ1) is 6.07. The van der Waals surface area contributed by atoms with Crippen molar-refractivity contribution < 1.29 is 5.11 Å². The Kier molecular flexibility index (Phi) is 2.96. The van der Waals surface area contributed by atoms with E-state index in [-0.39, 0.29) is 6.04 Å². The fraction of sp³-hybridized carbons (Fsp3) is 0.700. The van der Waals surface area contributed by atoms with Crippen molar-refractivity contribution in [3.63, 3.8) is 0 Å². The molecule has 0 aliphatic heterocycles.